The molecule has 1 aromatic heterocycles. The van der Waals surface area contributed by atoms with Gasteiger partial charge in [0, 0.05) is 30.1 Å². The zero-order chi connectivity index (χ0) is 21.9. The Balaban J connectivity index is 1.43. The number of carbonyl (C=O) groups excluding carboxylic acids is 2. The maximum Gasteiger partial charge on any atom is 0.319 e. The average molecular weight is 445 g/mol. The lowest BCUT2D eigenvalue weighted by Crippen LogP contribution is -2.29. The van der Waals surface area contributed by atoms with E-state index in [2.05, 4.69) is 20.9 Å². The first-order valence-electron chi connectivity index (χ1n) is 10.8. The molecule has 2 aliphatic rings. The van der Waals surface area contributed by atoms with E-state index in [4.69, 9.17) is 0 Å². The number of anilines is 3. The second-order valence-corrected chi connectivity index (χ2v) is 8.91. The molecule has 0 atom stereocenters. The molecule has 0 spiro atoms. The smallest absolute Gasteiger partial charge is 0.319 e. The number of hydrogen-bond acceptors (Lipinski definition) is 4. The molecule has 7 heteroatoms. The van der Waals surface area contributed by atoms with E-state index in [-0.39, 0.29) is 11.9 Å². The van der Waals surface area contributed by atoms with Gasteiger partial charge in [-0.15, -0.1) is 11.3 Å². The zero-order valence-electron chi connectivity index (χ0n) is 17.6. The minimum absolute atomic E-state index is 0.119. The van der Waals surface area contributed by atoms with Gasteiger partial charge in [0.2, 0.25) is 0 Å². The highest BCUT2D eigenvalue weighted by molar-refractivity contribution is 7.11. The fourth-order valence-electron chi connectivity index (χ4n) is 4.15. The summed E-state index contributed by atoms with van der Waals surface area (Å²) in [5.41, 5.74) is 4.94. The van der Waals surface area contributed by atoms with Gasteiger partial charge in [0.25, 0.3) is 5.91 Å². The van der Waals surface area contributed by atoms with Crippen LogP contribution in [-0.2, 0) is 11.3 Å². The van der Waals surface area contributed by atoms with Gasteiger partial charge in [-0.2, -0.15) is 0 Å². The fraction of sp³-hybridized carbons (Fsp3) is 0.200. The average Bonchev–Trinajstić information content (AvgIpc) is 3.56. The van der Waals surface area contributed by atoms with Gasteiger partial charge in [-0.3, -0.25) is 4.79 Å². The van der Waals surface area contributed by atoms with Crippen LogP contribution in [0.15, 0.2) is 60.0 Å². The molecular formula is C25H24N4O2S. The summed E-state index contributed by atoms with van der Waals surface area (Å²) >= 11 is 1.60. The largest absolute Gasteiger partial charge is 0.370 e. The van der Waals surface area contributed by atoms with Crippen molar-refractivity contribution in [3.63, 3.8) is 0 Å². The quantitative estimate of drug-likeness (QED) is 0.476. The number of nitrogens with one attached hydrogen (secondary N) is 3. The Labute approximate surface area is 191 Å². The lowest BCUT2D eigenvalue weighted by Gasteiger charge is -2.23. The number of rotatable bonds is 5. The molecule has 162 valence electrons. The Bertz CT molecular complexity index is 1170. The van der Waals surface area contributed by atoms with E-state index in [1.807, 2.05) is 66.1 Å². The number of urea groups is 1. The van der Waals surface area contributed by atoms with Crippen molar-refractivity contribution in [2.75, 3.05) is 28.6 Å². The number of hydrogen-bond donors (Lipinski definition) is 3. The number of benzene rings is 2. The molecular weight excluding hydrogens is 420 g/mol. The van der Waals surface area contributed by atoms with Crippen molar-refractivity contribution in [3.05, 3.63) is 76.0 Å². The SMILES string of the molecule is O=C(NCc1ccccc1)Nc1cc2c(cc1N1CCCC1)/C(=C/c1cccs1)C(=O)N2. The van der Waals surface area contributed by atoms with Crippen LogP contribution in [0.4, 0.5) is 21.9 Å². The molecule has 1 fully saturated rings. The predicted molar refractivity (Wildman–Crippen MR) is 131 cm³/mol. The van der Waals surface area contributed by atoms with Crippen LogP contribution in [0.2, 0.25) is 0 Å². The van der Waals surface area contributed by atoms with Gasteiger partial charge in [0.05, 0.1) is 22.6 Å². The third-order valence-electron chi connectivity index (χ3n) is 5.74. The van der Waals surface area contributed by atoms with E-state index in [0.29, 0.717) is 17.8 Å². The third kappa shape index (κ3) is 4.24. The summed E-state index contributed by atoms with van der Waals surface area (Å²) in [5.74, 6) is -0.119. The normalized spacial score (nSPS) is 16.2. The molecule has 0 bridgehead atoms. The van der Waals surface area contributed by atoms with Crippen LogP contribution >= 0.6 is 11.3 Å². The van der Waals surface area contributed by atoms with Crippen LogP contribution in [0.25, 0.3) is 11.6 Å². The lowest BCUT2D eigenvalue weighted by molar-refractivity contribution is -0.110. The van der Waals surface area contributed by atoms with Crippen molar-refractivity contribution in [2.45, 2.75) is 19.4 Å². The van der Waals surface area contributed by atoms with E-state index in [0.717, 1.165) is 53.3 Å². The molecule has 3 aromatic rings. The van der Waals surface area contributed by atoms with Gasteiger partial charge in [-0.25, -0.2) is 4.79 Å². The number of carbonyl (C=O) groups is 2. The zero-order valence-corrected chi connectivity index (χ0v) is 18.4. The van der Waals surface area contributed by atoms with E-state index in [1.165, 1.54) is 0 Å². The van der Waals surface area contributed by atoms with Gasteiger partial charge >= 0.3 is 6.03 Å². The first-order chi connectivity index (χ1) is 15.7. The highest BCUT2D eigenvalue weighted by Crippen LogP contribution is 2.41. The van der Waals surface area contributed by atoms with Crippen molar-refractivity contribution < 1.29 is 9.59 Å². The van der Waals surface area contributed by atoms with Crippen LogP contribution in [0, 0.1) is 0 Å². The van der Waals surface area contributed by atoms with Gasteiger partial charge < -0.3 is 20.9 Å². The molecule has 5 rings (SSSR count). The number of nitrogens with zero attached hydrogens (tertiary/aromatic N) is 1. The molecule has 3 amide bonds. The predicted octanol–water partition coefficient (Wildman–Crippen LogP) is 5.16. The monoisotopic (exact) mass is 444 g/mol. The molecule has 3 N–H and O–H groups in total. The molecule has 6 nitrogen and oxygen atoms in total. The Morgan fingerprint density at radius 3 is 2.66 bits per heavy atom. The second kappa shape index (κ2) is 8.88. The summed E-state index contributed by atoms with van der Waals surface area (Å²) in [5, 5.41) is 10.9. The summed E-state index contributed by atoms with van der Waals surface area (Å²) in [6, 6.07) is 17.4. The highest BCUT2D eigenvalue weighted by atomic mass is 32.1. The van der Waals surface area contributed by atoms with E-state index >= 15 is 0 Å². The standard InChI is InChI=1S/C25H24N4O2S/c30-24-20(13-18-9-6-12-32-18)19-14-23(29-10-4-5-11-29)22(15-21(19)27-24)28-25(31)26-16-17-7-2-1-3-8-17/h1-3,6-9,12-15H,4-5,10-11,16H2,(H,27,30)(H2,26,28,31)/b20-13-. The lowest BCUT2D eigenvalue weighted by atomic mass is 10.0. The van der Waals surface area contributed by atoms with E-state index in [1.54, 1.807) is 11.3 Å². The summed E-state index contributed by atoms with van der Waals surface area (Å²) in [7, 11) is 0. The van der Waals surface area contributed by atoms with E-state index in [9.17, 15) is 9.59 Å². The molecule has 32 heavy (non-hydrogen) atoms. The molecule has 3 heterocycles. The van der Waals surface area contributed by atoms with Crippen LogP contribution in [-0.4, -0.2) is 25.0 Å². The van der Waals surface area contributed by atoms with Crippen LogP contribution in [0.1, 0.15) is 28.8 Å². The van der Waals surface area contributed by atoms with Gasteiger partial charge in [-0.05, 0) is 48.1 Å². The van der Waals surface area contributed by atoms with Crippen molar-refractivity contribution in [1.29, 1.82) is 0 Å². The number of fused-ring (bicyclic) bond motifs is 1. The van der Waals surface area contributed by atoms with Crippen LogP contribution < -0.4 is 20.9 Å². The topological polar surface area (TPSA) is 73.5 Å². The third-order valence-corrected chi connectivity index (χ3v) is 6.56. The summed E-state index contributed by atoms with van der Waals surface area (Å²) < 4.78 is 0. The molecule has 2 aromatic carbocycles. The maximum atomic E-state index is 12.7. The number of amides is 3. The molecule has 0 saturated carbocycles. The van der Waals surface area contributed by atoms with Gasteiger partial charge in [0.15, 0.2) is 0 Å². The molecule has 0 unspecified atom stereocenters. The van der Waals surface area contributed by atoms with Crippen molar-refractivity contribution in [1.82, 2.24) is 5.32 Å². The Hall–Kier alpha value is -3.58. The van der Waals surface area contributed by atoms with Crippen molar-refractivity contribution in [3.8, 4) is 0 Å². The molecule has 1 saturated heterocycles. The molecule has 0 aliphatic carbocycles. The first kappa shape index (κ1) is 20.3. The minimum Gasteiger partial charge on any atom is -0.370 e. The Morgan fingerprint density at radius 1 is 1.09 bits per heavy atom. The summed E-state index contributed by atoms with van der Waals surface area (Å²) in [6.07, 6.45) is 4.16. The summed E-state index contributed by atoms with van der Waals surface area (Å²) in [6.45, 7) is 2.32. The number of thiophene rings is 1. The Morgan fingerprint density at radius 2 is 1.91 bits per heavy atom. The highest BCUT2D eigenvalue weighted by Gasteiger charge is 2.28. The van der Waals surface area contributed by atoms with Crippen LogP contribution in [0.3, 0.4) is 0 Å². The molecule has 0 radical (unpaired) electrons. The van der Waals surface area contributed by atoms with Gasteiger partial charge in [-0.1, -0.05) is 36.4 Å². The Kier molecular flexibility index (Phi) is 5.64. The maximum absolute atomic E-state index is 12.7. The van der Waals surface area contributed by atoms with Crippen LogP contribution in [0.5, 0.6) is 0 Å². The summed E-state index contributed by atoms with van der Waals surface area (Å²) in [4.78, 5) is 28.7. The van der Waals surface area contributed by atoms with Crippen molar-refractivity contribution >= 4 is 52.0 Å². The van der Waals surface area contributed by atoms with E-state index < -0.39 is 0 Å². The second-order valence-electron chi connectivity index (χ2n) is 7.93. The first-order valence-corrected chi connectivity index (χ1v) is 11.6. The molecule has 2 aliphatic heterocycles. The van der Waals surface area contributed by atoms with Gasteiger partial charge in [0.1, 0.15) is 0 Å². The minimum atomic E-state index is -0.270. The fourth-order valence-corrected chi connectivity index (χ4v) is 4.81. The van der Waals surface area contributed by atoms with Crippen molar-refractivity contribution in [2.24, 2.45) is 0 Å².